The summed E-state index contributed by atoms with van der Waals surface area (Å²) in [6.07, 6.45) is -3.90. The van der Waals surface area contributed by atoms with E-state index in [1.54, 1.807) is 4.90 Å². The Bertz CT molecular complexity index is 240. The van der Waals surface area contributed by atoms with Gasteiger partial charge >= 0.3 is 6.18 Å². The minimum atomic E-state index is -4.55. The van der Waals surface area contributed by atoms with Crippen molar-refractivity contribution in [3.05, 3.63) is 0 Å². The van der Waals surface area contributed by atoms with Gasteiger partial charge in [0.15, 0.2) is 6.10 Å². The summed E-state index contributed by atoms with van der Waals surface area (Å²) < 4.78 is 42.6. The molecule has 0 spiro atoms. The number of alkyl halides is 3. The Morgan fingerprint density at radius 1 is 1.33 bits per heavy atom. The summed E-state index contributed by atoms with van der Waals surface area (Å²) in [5.41, 5.74) is 0. The van der Waals surface area contributed by atoms with Crippen LogP contribution < -0.4 is 0 Å². The molecule has 1 fully saturated rings. The first-order valence-corrected chi connectivity index (χ1v) is 6.41. The third-order valence-corrected chi connectivity index (χ3v) is 3.23. The molecule has 0 saturated carbocycles. The number of rotatable bonds is 5. The van der Waals surface area contributed by atoms with Crippen molar-refractivity contribution in [2.75, 3.05) is 19.7 Å². The molecule has 18 heavy (non-hydrogen) atoms. The summed E-state index contributed by atoms with van der Waals surface area (Å²) in [4.78, 5) is 1.63. The SMILES string of the molecule is CC(C)N(C[C@@H]1CCCCO1)C[C@H](O)C(F)(F)F. The second-order valence-electron chi connectivity index (χ2n) is 5.09. The fourth-order valence-electron chi connectivity index (χ4n) is 2.03. The van der Waals surface area contributed by atoms with E-state index in [0.717, 1.165) is 19.3 Å². The molecule has 0 bridgehead atoms. The number of halogens is 3. The lowest BCUT2D eigenvalue weighted by molar-refractivity contribution is -0.210. The molecular formula is C12H22F3NO2. The Morgan fingerprint density at radius 2 is 2.00 bits per heavy atom. The summed E-state index contributed by atoms with van der Waals surface area (Å²) in [7, 11) is 0. The monoisotopic (exact) mass is 269 g/mol. The van der Waals surface area contributed by atoms with E-state index in [-0.39, 0.29) is 18.7 Å². The van der Waals surface area contributed by atoms with Crippen molar-refractivity contribution < 1.29 is 23.0 Å². The van der Waals surface area contributed by atoms with Gasteiger partial charge in [-0.05, 0) is 33.1 Å². The van der Waals surface area contributed by atoms with E-state index in [0.29, 0.717) is 13.2 Å². The molecule has 1 N–H and O–H groups in total. The van der Waals surface area contributed by atoms with Crippen molar-refractivity contribution in [2.45, 2.75) is 57.5 Å². The molecule has 0 unspecified atom stereocenters. The first-order valence-electron chi connectivity index (χ1n) is 6.41. The van der Waals surface area contributed by atoms with Gasteiger partial charge in [0.05, 0.1) is 6.10 Å². The Morgan fingerprint density at radius 3 is 2.44 bits per heavy atom. The molecule has 0 aliphatic carbocycles. The molecule has 108 valence electrons. The third-order valence-electron chi connectivity index (χ3n) is 3.23. The van der Waals surface area contributed by atoms with Crippen molar-refractivity contribution in [1.29, 1.82) is 0 Å². The molecule has 6 heteroatoms. The van der Waals surface area contributed by atoms with Gasteiger partial charge in [0.2, 0.25) is 0 Å². The van der Waals surface area contributed by atoms with Crippen LogP contribution in [0.5, 0.6) is 0 Å². The van der Waals surface area contributed by atoms with Gasteiger partial charge < -0.3 is 9.84 Å². The molecule has 0 aromatic carbocycles. The van der Waals surface area contributed by atoms with Crippen LogP contribution >= 0.6 is 0 Å². The van der Waals surface area contributed by atoms with Crippen LogP contribution in [0.4, 0.5) is 13.2 Å². The number of aliphatic hydroxyl groups excluding tert-OH is 1. The smallest absolute Gasteiger partial charge is 0.382 e. The zero-order valence-corrected chi connectivity index (χ0v) is 10.9. The predicted octanol–water partition coefficient (Wildman–Crippen LogP) is 2.19. The van der Waals surface area contributed by atoms with Crippen LogP contribution in [0.15, 0.2) is 0 Å². The van der Waals surface area contributed by atoms with Crippen LogP contribution in [0, 0.1) is 0 Å². The van der Waals surface area contributed by atoms with Crippen molar-refractivity contribution in [3.63, 3.8) is 0 Å². The lowest BCUT2D eigenvalue weighted by Crippen LogP contribution is -2.47. The zero-order chi connectivity index (χ0) is 13.8. The van der Waals surface area contributed by atoms with Crippen LogP contribution in [0.2, 0.25) is 0 Å². The number of hydrogen-bond donors (Lipinski definition) is 1. The highest BCUT2D eigenvalue weighted by atomic mass is 19.4. The van der Waals surface area contributed by atoms with Crippen molar-refractivity contribution in [2.24, 2.45) is 0 Å². The molecule has 0 aromatic rings. The molecule has 0 aromatic heterocycles. The van der Waals surface area contributed by atoms with Crippen molar-refractivity contribution >= 4 is 0 Å². The second-order valence-corrected chi connectivity index (χ2v) is 5.09. The minimum Gasteiger partial charge on any atom is -0.382 e. The summed E-state index contributed by atoms with van der Waals surface area (Å²) in [6, 6.07) is -0.0486. The van der Waals surface area contributed by atoms with Crippen LogP contribution in [0.25, 0.3) is 0 Å². The molecule has 0 radical (unpaired) electrons. The lowest BCUT2D eigenvalue weighted by Gasteiger charge is -2.34. The van der Waals surface area contributed by atoms with E-state index in [1.807, 2.05) is 13.8 Å². The van der Waals surface area contributed by atoms with Crippen LogP contribution in [0.1, 0.15) is 33.1 Å². The van der Waals surface area contributed by atoms with Gasteiger partial charge in [-0.3, -0.25) is 4.90 Å². The Labute approximate surface area is 106 Å². The maximum absolute atomic E-state index is 12.3. The summed E-state index contributed by atoms with van der Waals surface area (Å²) in [5, 5.41) is 9.13. The molecule has 0 amide bonds. The van der Waals surface area contributed by atoms with E-state index in [9.17, 15) is 13.2 Å². The quantitative estimate of drug-likeness (QED) is 0.830. The van der Waals surface area contributed by atoms with Crippen molar-refractivity contribution in [1.82, 2.24) is 4.90 Å². The van der Waals surface area contributed by atoms with E-state index < -0.39 is 12.3 Å². The predicted molar refractivity (Wildman–Crippen MR) is 62.4 cm³/mol. The summed E-state index contributed by atoms with van der Waals surface area (Å²) in [5.74, 6) is 0. The molecule has 1 aliphatic rings. The Kier molecular flexibility index (Phi) is 5.88. The number of hydrogen-bond acceptors (Lipinski definition) is 3. The third kappa shape index (κ3) is 5.12. The first-order chi connectivity index (χ1) is 8.30. The van der Waals surface area contributed by atoms with Gasteiger partial charge in [0.25, 0.3) is 0 Å². The van der Waals surface area contributed by atoms with E-state index in [1.165, 1.54) is 0 Å². The van der Waals surface area contributed by atoms with Gasteiger partial charge in [0, 0.05) is 25.7 Å². The standard InChI is InChI=1S/C12H22F3NO2/c1-9(2)16(8-11(17)12(13,14)15)7-10-5-3-4-6-18-10/h9-11,17H,3-8H2,1-2H3/t10-,11-/m0/s1. The van der Waals surface area contributed by atoms with Gasteiger partial charge in [-0.1, -0.05) is 0 Å². The maximum Gasteiger partial charge on any atom is 0.415 e. The second kappa shape index (κ2) is 6.73. The summed E-state index contributed by atoms with van der Waals surface area (Å²) >= 11 is 0. The van der Waals surface area contributed by atoms with Crippen LogP contribution in [-0.4, -0.2) is 54.1 Å². The lowest BCUT2D eigenvalue weighted by atomic mass is 10.1. The van der Waals surface area contributed by atoms with Gasteiger partial charge in [-0.15, -0.1) is 0 Å². The fourth-order valence-corrected chi connectivity index (χ4v) is 2.03. The Hall–Kier alpha value is -0.330. The minimum absolute atomic E-state index is 0.0124. The number of ether oxygens (including phenoxy) is 1. The molecule has 1 aliphatic heterocycles. The maximum atomic E-state index is 12.3. The van der Waals surface area contributed by atoms with Crippen molar-refractivity contribution in [3.8, 4) is 0 Å². The fraction of sp³-hybridized carbons (Fsp3) is 1.00. The number of aliphatic hydroxyl groups is 1. The highest BCUT2D eigenvalue weighted by molar-refractivity contribution is 4.77. The molecule has 1 rings (SSSR count). The molecular weight excluding hydrogens is 247 g/mol. The molecule has 3 nitrogen and oxygen atoms in total. The largest absolute Gasteiger partial charge is 0.415 e. The van der Waals surface area contributed by atoms with E-state index in [4.69, 9.17) is 9.84 Å². The van der Waals surface area contributed by atoms with Gasteiger partial charge in [-0.2, -0.15) is 13.2 Å². The van der Waals surface area contributed by atoms with Crippen LogP contribution in [-0.2, 0) is 4.74 Å². The topological polar surface area (TPSA) is 32.7 Å². The highest BCUT2D eigenvalue weighted by Gasteiger charge is 2.39. The molecule has 1 heterocycles. The van der Waals surface area contributed by atoms with Crippen LogP contribution in [0.3, 0.4) is 0 Å². The number of nitrogens with zero attached hydrogens (tertiary/aromatic N) is 1. The highest BCUT2D eigenvalue weighted by Crippen LogP contribution is 2.22. The first kappa shape index (κ1) is 15.7. The molecule has 2 atom stereocenters. The average molecular weight is 269 g/mol. The molecule has 1 saturated heterocycles. The van der Waals surface area contributed by atoms with E-state index >= 15 is 0 Å². The Balaban J connectivity index is 2.49. The average Bonchev–Trinajstić information content (AvgIpc) is 2.28. The normalized spacial score (nSPS) is 23.7. The zero-order valence-electron chi connectivity index (χ0n) is 10.9. The van der Waals surface area contributed by atoms with Gasteiger partial charge in [0.1, 0.15) is 0 Å². The van der Waals surface area contributed by atoms with E-state index in [2.05, 4.69) is 0 Å². The summed E-state index contributed by atoms with van der Waals surface area (Å²) in [6.45, 7) is 4.39. The van der Waals surface area contributed by atoms with Gasteiger partial charge in [-0.25, -0.2) is 0 Å².